The molecule has 1 atom stereocenters. The number of nitrogens with zero attached hydrogens (tertiary/aromatic N) is 1. The van der Waals surface area contributed by atoms with Crippen molar-refractivity contribution in [2.45, 2.75) is 78.4 Å². The molecule has 1 N–H and O–H groups in total. The van der Waals surface area contributed by atoms with Crippen LogP contribution >= 0.6 is 0 Å². The highest BCUT2D eigenvalue weighted by Crippen LogP contribution is 2.45. The summed E-state index contributed by atoms with van der Waals surface area (Å²) in [7, 11) is 0. The van der Waals surface area contributed by atoms with Crippen molar-refractivity contribution in [1.82, 2.24) is 5.32 Å². The Balaban J connectivity index is 2.42. The van der Waals surface area contributed by atoms with Gasteiger partial charge in [0.1, 0.15) is 5.82 Å². The van der Waals surface area contributed by atoms with Gasteiger partial charge in [0.05, 0.1) is 0 Å². The second kappa shape index (κ2) is 6.57. The first-order valence-corrected chi connectivity index (χ1v) is 8.60. The molecule has 2 rings (SSSR count). The molecule has 3 heteroatoms. The summed E-state index contributed by atoms with van der Waals surface area (Å²) < 4.78 is 14.6. The van der Waals surface area contributed by atoms with Crippen LogP contribution < -0.4 is 10.2 Å². The van der Waals surface area contributed by atoms with Gasteiger partial charge in [0.25, 0.3) is 0 Å². The van der Waals surface area contributed by atoms with Crippen LogP contribution in [-0.4, -0.2) is 18.1 Å². The average molecular weight is 306 g/mol. The molecular weight excluding hydrogens is 275 g/mol. The molecule has 0 spiro atoms. The summed E-state index contributed by atoms with van der Waals surface area (Å²) in [5.41, 5.74) is 3.23. The third kappa shape index (κ3) is 3.29. The van der Waals surface area contributed by atoms with Crippen molar-refractivity contribution in [3.63, 3.8) is 0 Å². The van der Waals surface area contributed by atoms with Crippen molar-refractivity contribution < 1.29 is 4.39 Å². The van der Waals surface area contributed by atoms with E-state index in [0.29, 0.717) is 18.5 Å². The van der Waals surface area contributed by atoms with E-state index in [9.17, 15) is 4.39 Å². The highest BCUT2D eigenvalue weighted by Gasteiger charge is 2.38. The summed E-state index contributed by atoms with van der Waals surface area (Å²) in [4.78, 5) is 2.38. The Morgan fingerprint density at radius 1 is 1.36 bits per heavy atom. The number of hydrogen-bond donors (Lipinski definition) is 1. The zero-order chi connectivity index (χ0) is 16.5. The number of hydrogen-bond acceptors (Lipinski definition) is 2. The predicted molar refractivity (Wildman–Crippen MR) is 93.1 cm³/mol. The fourth-order valence-electron chi connectivity index (χ4n) is 4.03. The van der Waals surface area contributed by atoms with E-state index in [2.05, 4.69) is 57.8 Å². The molecule has 1 aromatic rings. The second-order valence-electron chi connectivity index (χ2n) is 7.56. The molecule has 1 aliphatic heterocycles. The molecule has 1 aliphatic rings. The van der Waals surface area contributed by atoms with Gasteiger partial charge in [0.15, 0.2) is 0 Å². The number of benzene rings is 1. The number of fused-ring (bicyclic) bond motifs is 1. The smallest absolute Gasteiger partial charge is 0.129 e. The Bertz CT molecular complexity index is 522. The average Bonchev–Trinajstić information content (AvgIpc) is 2.38. The van der Waals surface area contributed by atoms with Crippen molar-refractivity contribution >= 4 is 5.69 Å². The van der Waals surface area contributed by atoms with Crippen LogP contribution in [0.3, 0.4) is 0 Å². The maximum atomic E-state index is 14.6. The van der Waals surface area contributed by atoms with E-state index in [4.69, 9.17) is 0 Å². The van der Waals surface area contributed by atoms with Gasteiger partial charge in [-0.1, -0.05) is 13.8 Å². The highest BCUT2D eigenvalue weighted by molar-refractivity contribution is 5.61. The van der Waals surface area contributed by atoms with E-state index in [1.54, 1.807) is 6.07 Å². The molecule has 0 bridgehead atoms. The van der Waals surface area contributed by atoms with Gasteiger partial charge in [0, 0.05) is 29.4 Å². The van der Waals surface area contributed by atoms with Crippen LogP contribution in [0.5, 0.6) is 0 Å². The van der Waals surface area contributed by atoms with Crippen LogP contribution in [-0.2, 0) is 6.54 Å². The molecule has 22 heavy (non-hydrogen) atoms. The Morgan fingerprint density at radius 2 is 2.05 bits per heavy atom. The molecule has 124 valence electrons. The Morgan fingerprint density at radius 3 is 2.64 bits per heavy atom. The third-order valence-electron chi connectivity index (χ3n) is 4.70. The Hall–Kier alpha value is -1.09. The van der Waals surface area contributed by atoms with Crippen molar-refractivity contribution in [3.05, 3.63) is 29.1 Å². The third-order valence-corrected chi connectivity index (χ3v) is 4.70. The molecule has 0 fully saturated rings. The summed E-state index contributed by atoms with van der Waals surface area (Å²) in [5.74, 6) is 0.378. The van der Waals surface area contributed by atoms with E-state index in [0.717, 1.165) is 30.6 Å². The molecule has 0 amide bonds. The zero-order valence-electron chi connectivity index (χ0n) is 15.0. The number of anilines is 1. The number of nitrogens with one attached hydrogen (secondary N) is 1. The van der Waals surface area contributed by atoms with Crippen LogP contribution in [0.25, 0.3) is 0 Å². The largest absolute Gasteiger partial charge is 0.364 e. The van der Waals surface area contributed by atoms with Crippen molar-refractivity contribution in [3.8, 4) is 0 Å². The van der Waals surface area contributed by atoms with Crippen molar-refractivity contribution in [1.29, 1.82) is 0 Å². The highest BCUT2D eigenvalue weighted by atomic mass is 19.1. The second-order valence-corrected chi connectivity index (χ2v) is 7.56. The maximum absolute atomic E-state index is 14.6. The minimum absolute atomic E-state index is 0.0645. The van der Waals surface area contributed by atoms with Gasteiger partial charge in [-0.05, 0) is 70.7 Å². The van der Waals surface area contributed by atoms with E-state index in [-0.39, 0.29) is 11.4 Å². The summed E-state index contributed by atoms with van der Waals surface area (Å²) >= 11 is 0. The molecule has 1 aromatic carbocycles. The molecular formula is C19H31FN2. The fourth-order valence-corrected chi connectivity index (χ4v) is 4.03. The zero-order valence-corrected chi connectivity index (χ0v) is 15.0. The number of rotatable bonds is 5. The predicted octanol–water partition coefficient (Wildman–Crippen LogP) is 4.83. The molecule has 0 unspecified atom stereocenters. The van der Waals surface area contributed by atoms with E-state index in [1.807, 2.05) is 0 Å². The lowest BCUT2D eigenvalue weighted by Gasteiger charge is -2.50. The summed E-state index contributed by atoms with van der Waals surface area (Å²) in [5, 5.41) is 3.31. The van der Waals surface area contributed by atoms with Crippen LogP contribution in [0, 0.1) is 5.82 Å². The van der Waals surface area contributed by atoms with E-state index in [1.165, 1.54) is 5.56 Å². The van der Waals surface area contributed by atoms with Gasteiger partial charge in [-0.25, -0.2) is 4.39 Å². The summed E-state index contributed by atoms with van der Waals surface area (Å²) in [6, 6.07) is 4.21. The quantitative estimate of drug-likeness (QED) is 0.784. The van der Waals surface area contributed by atoms with Crippen molar-refractivity contribution in [2.75, 3.05) is 11.4 Å². The Labute approximate surface area is 135 Å². The van der Waals surface area contributed by atoms with Gasteiger partial charge < -0.3 is 10.2 Å². The monoisotopic (exact) mass is 306 g/mol. The SMILES string of the molecule is CCCNCc1cc2c(cc1F)N(C(C)C)C(C)(C)C[C@H]2C. The fraction of sp³-hybridized carbons (Fsp3) is 0.684. The first-order valence-electron chi connectivity index (χ1n) is 8.60. The van der Waals surface area contributed by atoms with Gasteiger partial charge >= 0.3 is 0 Å². The van der Waals surface area contributed by atoms with Crippen LogP contribution in [0.4, 0.5) is 10.1 Å². The molecule has 2 nitrogen and oxygen atoms in total. The van der Waals surface area contributed by atoms with E-state index < -0.39 is 0 Å². The van der Waals surface area contributed by atoms with Gasteiger partial charge in [-0.3, -0.25) is 0 Å². The van der Waals surface area contributed by atoms with Crippen LogP contribution in [0.15, 0.2) is 12.1 Å². The minimum atomic E-state index is -0.0853. The van der Waals surface area contributed by atoms with Gasteiger partial charge in [-0.2, -0.15) is 0 Å². The summed E-state index contributed by atoms with van der Waals surface area (Å²) in [6.07, 6.45) is 2.17. The molecule has 1 heterocycles. The van der Waals surface area contributed by atoms with E-state index >= 15 is 0 Å². The normalized spacial score (nSPS) is 20.4. The lowest BCUT2D eigenvalue weighted by molar-refractivity contribution is 0.354. The topological polar surface area (TPSA) is 15.3 Å². The minimum Gasteiger partial charge on any atom is -0.364 e. The van der Waals surface area contributed by atoms with Gasteiger partial charge in [-0.15, -0.1) is 0 Å². The first-order chi connectivity index (χ1) is 10.3. The van der Waals surface area contributed by atoms with Gasteiger partial charge in [0.2, 0.25) is 0 Å². The molecule has 0 aliphatic carbocycles. The van der Waals surface area contributed by atoms with Crippen molar-refractivity contribution in [2.24, 2.45) is 0 Å². The standard InChI is InChI=1S/C19H31FN2/c1-7-8-21-12-15-9-16-14(4)11-19(5,6)22(13(2)3)18(16)10-17(15)20/h9-10,13-14,21H,7-8,11-12H2,1-6H3/t14-/m1/s1. The molecule has 0 saturated carbocycles. The lowest BCUT2D eigenvalue weighted by Crippen LogP contribution is -2.52. The first kappa shape index (κ1) is 17.3. The molecule has 0 aromatic heterocycles. The van der Waals surface area contributed by atoms with Crippen LogP contribution in [0.2, 0.25) is 0 Å². The molecule has 0 saturated heterocycles. The lowest BCUT2D eigenvalue weighted by atomic mass is 9.78. The number of halogens is 1. The molecule has 0 radical (unpaired) electrons. The van der Waals surface area contributed by atoms with Crippen LogP contribution in [0.1, 0.15) is 71.4 Å². The Kier molecular flexibility index (Phi) is 5.16. The summed E-state index contributed by atoms with van der Waals surface area (Å²) in [6.45, 7) is 14.8. The maximum Gasteiger partial charge on any atom is 0.129 e.